The SMILES string of the molecule is COC(c1noc(CC2CCNC2)n1)C1CCCCC1. The van der Waals surface area contributed by atoms with Crippen LogP contribution in [-0.2, 0) is 11.2 Å². The zero-order valence-electron chi connectivity index (χ0n) is 12.3. The summed E-state index contributed by atoms with van der Waals surface area (Å²) in [6.07, 6.45) is 8.47. The van der Waals surface area contributed by atoms with E-state index in [0.29, 0.717) is 11.8 Å². The molecule has 0 spiro atoms. The fraction of sp³-hybridized carbons (Fsp3) is 0.867. The van der Waals surface area contributed by atoms with Gasteiger partial charge in [0.2, 0.25) is 11.7 Å². The van der Waals surface area contributed by atoms with E-state index in [2.05, 4.69) is 15.5 Å². The molecule has 20 heavy (non-hydrogen) atoms. The first kappa shape index (κ1) is 14.0. The molecule has 0 bridgehead atoms. The fourth-order valence-corrected chi connectivity index (χ4v) is 3.55. The lowest BCUT2D eigenvalue weighted by Crippen LogP contribution is -2.19. The summed E-state index contributed by atoms with van der Waals surface area (Å²) in [6, 6.07) is 0. The van der Waals surface area contributed by atoms with Crippen molar-refractivity contribution in [1.29, 1.82) is 0 Å². The van der Waals surface area contributed by atoms with Gasteiger partial charge in [0.15, 0.2) is 0 Å². The van der Waals surface area contributed by atoms with Gasteiger partial charge >= 0.3 is 0 Å². The van der Waals surface area contributed by atoms with E-state index in [-0.39, 0.29) is 6.10 Å². The van der Waals surface area contributed by atoms with E-state index in [1.807, 2.05) is 0 Å². The van der Waals surface area contributed by atoms with Crippen molar-refractivity contribution in [2.45, 2.75) is 51.0 Å². The predicted molar refractivity (Wildman–Crippen MR) is 75.3 cm³/mol. The highest BCUT2D eigenvalue weighted by Gasteiger charge is 2.29. The van der Waals surface area contributed by atoms with E-state index in [0.717, 1.165) is 31.2 Å². The van der Waals surface area contributed by atoms with Crippen LogP contribution in [0.25, 0.3) is 0 Å². The van der Waals surface area contributed by atoms with Gasteiger partial charge in [-0.15, -0.1) is 0 Å². The van der Waals surface area contributed by atoms with Crippen LogP contribution in [0.3, 0.4) is 0 Å². The van der Waals surface area contributed by atoms with Crippen LogP contribution in [0.2, 0.25) is 0 Å². The molecule has 2 atom stereocenters. The summed E-state index contributed by atoms with van der Waals surface area (Å²) in [5.74, 6) is 2.71. The van der Waals surface area contributed by atoms with Crippen molar-refractivity contribution in [1.82, 2.24) is 15.5 Å². The first-order valence-corrected chi connectivity index (χ1v) is 7.93. The zero-order chi connectivity index (χ0) is 13.8. The second-order valence-electron chi connectivity index (χ2n) is 6.16. The van der Waals surface area contributed by atoms with Crippen LogP contribution in [0.15, 0.2) is 4.52 Å². The second-order valence-corrected chi connectivity index (χ2v) is 6.16. The monoisotopic (exact) mass is 279 g/mol. The maximum atomic E-state index is 5.66. The summed E-state index contributed by atoms with van der Waals surface area (Å²) < 4.78 is 11.1. The van der Waals surface area contributed by atoms with Crippen molar-refractivity contribution >= 4 is 0 Å². The van der Waals surface area contributed by atoms with Crippen molar-refractivity contribution < 1.29 is 9.26 Å². The Hall–Kier alpha value is -0.940. The number of aromatic nitrogens is 2. The third kappa shape index (κ3) is 3.20. The molecule has 2 unspecified atom stereocenters. The van der Waals surface area contributed by atoms with Gasteiger partial charge in [0.05, 0.1) is 0 Å². The molecule has 112 valence electrons. The third-order valence-electron chi connectivity index (χ3n) is 4.70. The highest BCUT2D eigenvalue weighted by atomic mass is 16.5. The first-order valence-electron chi connectivity index (χ1n) is 7.93. The molecule has 5 heteroatoms. The van der Waals surface area contributed by atoms with Gasteiger partial charge in [-0.1, -0.05) is 24.4 Å². The number of ether oxygens (including phenoxy) is 1. The third-order valence-corrected chi connectivity index (χ3v) is 4.70. The standard InChI is InChI=1S/C15H25N3O2/c1-19-14(12-5-3-2-4-6-12)15-17-13(20-18-15)9-11-7-8-16-10-11/h11-12,14,16H,2-10H2,1H3. The Morgan fingerprint density at radius 3 is 2.85 bits per heavy atom. The minimum atomic E-state index is 0.00880. The molecule has 5 nitrogen and oxygen atoms in total. The van der Waals surface area contributed by atoms with Crippen LogP contribution in [0, 0.1) is 11.8 Å². The number of hydrogen-bond donors (Lipinski definition) is 1. The normalized spacial score (nSPS) is 25.9. The van der Waals surface area contributed by atoms with Crippen molar-refractivity contribution in [2.24, 2.45) is 11.8 Å². The molecule has 3 rings (SSSR count). The molecule has 0 aromatic carbocycles. The molecule has 1 aromatic rings. The van der Waals surface area contributed by atoms with Gasteiger partial charge in [0.25, 0.3) is 0 Å². The van der Waals surface area contributed by atoms with Crippen LogP contribution in [-0.4, -0.2) is 30.3 Å². The summed E-state index contributed by atoms with van der Waals surface area (Å²) >= 11 is 0. The van der Waals surface area contributed by atoms with E-state index in [1.165, 1.54) is 38.5 Å². The molecule has 1 aliphatic heterocycles. The summed E-state index contributed by atoms with van der Waals surface area (Å²) in [7, 11) is 1.76. The number of nitrogens with zero attached hydrogens (tertiary/aromatic N) is 2. The Bertz CT molecular complexity index is 409. The molecule has 1 saturated heterocycles. The molecule has 0 amide bonds. The minimum Gasteiger partial charge on any atom is -0.373 e. The van der Waals surface area contributed by atoms with Crippen LogP contribution in [0.1, 0.15) is 56.3 Å². The molecule has 2 fully saturated rings. The molecule has 1 N–H and O–H groups in total. The topological polar surface area (TPSA) is 60.2 Å². The quantitative estimate of drug-likeness (QED) is 0.897. The smallest absolute Gasteiger partial charge is 0.227 e. The van der Waals surface area contributed by atoms with Crippen molar-refractivity contribution in [3.63, 3.8) is 0 Å². The number of hydrogen-bond acceptors (Lipinski definition) is 5. The molecule has 1 aliphatic carbocycles. The summed E-state index contributed by atoms with van der Waals surface area (Å²) in [5.41, 5.74) is 0. The molecule has 2 heterocycles. The highest BCUT2D eigenvalue weighted by molar-refractivity contribution is 4.96. The Labute approximate surface area is 120 Å². The average Bonchev–Trinajstić information content (AvgIpc) is 3.14. The van der Waals surface area contributed by atoms with Gasteiger partial charge < -0.3 is 14.6 Å². The first-order chi connectivity index (χ1) is 9.86. The van der Waals surface area contributed by atoms with Gasteiger partial charge in [-0.2, -0.15) is 4.98 Å². The summed E-state index contributed by atoms with van der Waals surface area (Å²) in [4.78, 5) is 4.59. The van der Waals surface area contributed by atoms with E-state index in [1.54, 1.807) is 7.11 Å². The average molecular weight is 279 g/mol. The van der Waals surface area contributed by atoms with Crippen LogP contribution in [0.5, 0.6) is 0 Å². The van der Waals surface area contributed by atoms with Gasteiger partial charge in [-0.3, -0.25) is 0 Å². The zero-order valence-corrected chi connectivity index (χ0v) is 12.3. The van der Waals surface area contributed by atoms with Gasteiger partial charge in [-0.25, -0.2) is 0 Å². The largest absolute Gasteiger partial charge is 0.373 e. The van der Waals surface area contributed by atoms with Crippen LogP contribution < -0.4 is 5.32 Å². The number of rotatable bonds is 5. The molecule has 2 aliphatic rings. The summed E-state index contributed by atoms with van der Waals surface area (Å²) in [6.45, 7) is 2.17. The Balaban J connectivity index is 1.63. The van der Waals surface area contributed by atoms with Crippen molar-refractivity contribution in [3.8, 4) is 0 Å². The van der Waals surface area contributed by atoms with Crippen LogP contribution in [0.4, 0.5) is 0 Å². The maximum absolute atomic E-state index is 5.66. The molecule has 0 radical (unpaired) electrons. The lowest BCUT2D eigenvalue weighted by Gasteiger charge is -2.26. The highest BCUT2D eigenvalue weighted by Crippen LogP contribution is 2.35. The van der Waals surface area contributed by atoms with Crippen LogP contribution >= 0.6 is 0 Å². The summed E-state index contributed by atoms with van der Waals surface area (Å²) in [5, 5.41) is 7.54. The maximum Gasteiger partial charge on any atom is 0.227 e. The number of nitrogens with one attached hydrogen (secondary N) is 1. The van der Waals surface area contributed by atoms with Gasteiger partial charge in [-0.05, 0) is 44.2 Å². The Kier molecular flexibility index (Phi) is 4.68. The second kappa shape index (κ2) is 6.68. The predicted octanol–water partition coefficient (Wildman–Crippen LogP) is 2.49. The van der Waals surface area contributed by atoms with Gasteiger partial charge in [0.1, 0.15) is 6.10 Å². The minimum absolute atomic E-state index is 0.00880. The molecular formula is C15H25N3O2. The molecular weight excluding hydrogens is 254 g/mol. The van der Waals surface area contributed by atoms with Crippen molar-refractivity contribution in [2.75, 3.05) is 20.2 Å². The number of methoxy groups -OCH3 is 1. The lowest BCUT2D eigenvalue weighted by atomic mass is 9.85. The lowest BCUT2D eigenvalue weighted by molar-refractivity contribution is 0.0273. The van der Waals surface area contributed by atoms with Crippen molar-refractivity contribution in [3.05, 3.63) is 11.7 Å². The molecule has 1 aromatic heterocycles. The Morgan fingerprint density at radius 2 is 2.15 bits per heavy atom. The van der Waals surface area contributed by atoms with E-state index in [9.17, 15) is 0 Å². The van der Waals surface area contributed by atoms with E-state index in [4.69, 9.17) is 9.26 Å². The van der Waals surface area contributed by atoms with Gasteiger partial charge in [0, 0.05) is 13.5 Å². The van der Waals surface area contributed by atoms with E-state index >= 15 is 0 Å². The Morgan fingerprint density at radius 1 is 1.30 bits per heavy atom. The molecule has 1 saturated carbocycles. The fourth-order valence-electron chi connectivity index (χ4n) is 3.55. The van der Waals surface area contributed by atoms with E-state index < -0.39 is 0 Å².